The van der Waals surface area contributed by atoms with E-state index >= 15 is 0 Å². The molecule has 0 bridgehead atoms. The quantitative estimate of drug-likeness (QED) is 0.825. The summed E-state index contributed by atoms with van der Waals surface area (Å²) >= 11 is 5.72. The number of hydrogen-bond acceptors (Lipinski definition) is 2. The third-order valence-corrected chi connectivity index (χ3v) is 4.59. The summed E-state index contributed by atoms with van der Waals surface area (Å²) < 4.78 is 13.2. The Hall–Kier alpha value is -2.07. The molecule has 1 aliphatic carbocycles. The lowest BCUT2D eigenvalue weighted by atomic mass is 9.97. The summed E-state index contributed by atoms with van der Waals surface area (Å²) in [5.41, 5.74) is 10.4. The van der Waals surface area contributed by atoms with Gasteiger partial charge in [-0.3, -0.25) is 4.79 Å². The molecule has 2 aromatic rings. The van der Waals surface area contributed by atoms with Crippen LogP contribution in [0.3, 0.4) is 0 Å². The van der Waals surface area contributed by atoms with Crippen molar-refractivity contribution < 1.29 is 9.18 Å². The predicted molar refractivity (Wildman–Crippen MR) is 90.1 cm³/mol. The highest BCUT2D eigenvalue weighted by molar-refractivity contribution is 6.31. The fraction of sp³-hybridized carbons (Fsp3) is 0.278. The topological polar surface area (TPSA) is 55.1 Å². The van der Waals surface area contributed by atoms with Crippen LogP contribution in [0, 0.1) is 12.7 Å². The standard InChI is InChI=1S/C18H18ClFN2O/c1-10-14(13(11-2-3-11)5-7-17(10)21)9-22-18(23)12-4-6-16(20)15(19)8-12/h4-8,11H,2-3,9,21H2,1H3,(H,22,23). The number of halogens is 2. The number of nitrogen functional groups attached to an aromatic ring is 1. The van der Waals surface area contributed by atoms with Crippen LogP contribution < -0.4 is 11.1 Å². The molecular formula is C18H18ClFN2O. The lowest BCUT2D eigenvalue weighted by Crippen LogP contribution is -2.24. The molecule has 1 fully saturated rings. The van der Waals surface area contributed by atoms with E-state index in [1.807, 2.05) is 13.0 Å². The summed E-state index contributed by atoms with van der Waals surface area (Å²) in [6.07, 6.45) is 2.36. The van der Waals surface area contributed by atoms with Crippen molar-refractivity contribution in [1.29, 1.82) is 0 Å². The van der Waals surface area contributed by atoms with Crippen molar-refractivity contribution in [2.45, 2.75) is 32.2 Å². The van der Waals surface area contributed by atoms with Crippen LogP contribution in [0.25, 0.3) is 0 Å². The van der Waals surface area contributed by atoms with Crippen molar-refractivity contribution in [1.82, 2.24) is 5.32 Å². The number of anilines is 1. The number of carbonyl (C=O) groups excluding carboxylic acids is 1. The largest absolute Gasteiger partial charge is 0.399 e. The molecule has 0 spiro atoms. The Balaban J connectivity index is 1.79. The van der Waals surface area contributed by atoms with Gasteiger partial charge < -0.3 is 11.1 Å². The molecule has 0 atom stereocenters. The van der Waals surface area contributed by atoms with Gasteiger partial charge in [0.15, 0.2) is 0 Å². The number of carbonyl (C=O) groups is 1. The Labute approximate surface area is 139 Å². The van der Waals surface area contributed by atoms with E-state index in [9.17, 15) is 9.18 Å². The van der Waals surface area contributed by atoms with Gasteiger partial charge in [-0.15, -0.1) is 0 Å². The molecule has 120 valence electrons. The Morgan fingerprint density at radius 1 is 1.35 bits per heavy atom. The van der Waals surface area contributed by atoms with E-state index in [0.29, 0.717) is 18.0 Å². The molecule has 1 saturated carbocycles. The van der Waals surface area contributed by atoms with Gasteiger partial charge in [-0.1, -0.05) is 17.7 Å². The SMILES string of the molecule is Cc1c(N)ccc(C2CC2)c1CNC(=O)c1ccc(F)c(Cl)c1. The second-order valence-corrected chi connectivity index (χ2v) is 6.34. The number of amides is 1. The highest BCUT2D eigenvalue weighted by Gasteiger charge is 2.27. The average molecular weight is 333 g/mol. The molecule has 3 N–H and O–H groups in total. The smallest absolute Gasteiger partial charge is 0.251 e. The van der Waals surface area contributed by atoms with Crippen LogP contribution in [-0.4, -0.2) is 5.91 Å². The first-order valence-electron chi connectivity index (χ1n) is 7.58. The van der Waals surface area contributed by atoms with Crippen LogP contribution in [0.15, 0.2) is 30.3 Å². The van der Waals surface area contributed by atoms with E-state index in [0.717, 1.165) is 16.8 Å². The highest BCUT2D eigenvalue weighted by Crippen LogP contribution is 2.43. The van der Waals surface area contributed by atoms with Gasteiger partial charge in [-0.05, 0) is 66.6 Å². The maximum atomic E-state index is 13.2. The number of nitrogens with one attached hydrogen (secondary N) is 1. The molecule has 1 amide bonds. The first-order chi connectivity index (χ1) is 11.0. The van der Waals surface area contributed by atoms with E-state index in [2.05, 4.69) is 11.4 Å². The molecule has 3 nitrogen and oxygen atoms in total. The van der Waals surface area contributed by atoms with E-state index in [4.69, 9.17) is 17.3 Å². The zero-order chi connectivity index (χ0) is 16.6. The second-order valence-electron chi connectivity index (χ2n) is 5.93. The Bertz CT molecular complexity index is 772. The van der Waals surface area contributed by atoms with Gasteiger partial charge in [0.25, 0.3) is 5.91 Å². The number of benzene rings is 2. The third kappa shape index (κ3) is 3.32. The van der Waals surface area contributed by atoms with Crippen LogP contribution in [0.1, 0.15) is 45.8 Å². The van der Waals surface area contributed by atoms with Crippen LogP contribution in [-0.2, 0) is 6.54 Å². The first kappa shape index (κ1) is 15.8. The van der Waals surface area contributed by atoms with E-state index in [-0.39, 0.29) is 10.9 Å². The van der Waals surface area contributed by atoms with Crippen LogP contribution in [0.5, 0.6) is 0 Å². The van der Waals surface area contributed by atoms with E-state index < -0.39 is 5.82 Å². The number of hydrogen-bond donors (Lipinski definition) is 2. The normalized spacial score (nSPS) is 13.9. The van der Waals surface area contributed by atoms with Gasteiger partial charge in [-0.2, -0.15) is 0 Å². The summed E-state index contributed by atoms with van der Waals surface area (Å²) in [6.45, 7) is 2.37. The van der Waals surface area contributed by atoms with Crippen LogP contribution in [0.2, 0.25) is 5.02 Å². The highest BCUT2D eigenvalue weighted by atomic mass is 35.5. The molecule has 23 heavy (non-hydrogen) atoms. The Morgan fingerprint density at radius 2 is 2.09 bits per heavy atom. The maximum Gasteiger partial charge on any atom is 0.251 e. The number of rotatable bonds is 4. The lowest BCUT2D eigenvalue weighted by molar-refractivity contribution is 0.0950. The average Bonchev–Trinajstić information content (AvgIpc) is 3.36. The van der Waals surface area contributed by atoms with E-state index in [1.165, 1.54) is 36.6 Å². The zero-order valence-electron chi connectivity index (χ0n) is 12.8. The molecule has 0 heterocycles. The van der Waals surface area contributed by atoms with Crippen molar-refractivity contribution in [3.63, 3.8) is 0 Å². The Kier molecular flexibility index (Phi) is 4.26. The predicted octanol–water partition coefficient (Wildman–Crippen LogP) is 4.18. The first-order valence-corrected chi connectivity index (χ1v) is 7.96. The molecular weight excluding hydrogens is 315 g/mol. The zero-order valence-corrected chi connectivity index (χ0v) is 13.6. The van der Waals surface area contributed by atoms with Gasteiger partial charge in [-0.25, -0.2) is 4.39 Å². The number of nitrogens with two attached hydrogens (primary N) is 1. The van der Waals surface area contributed by atoms with E-state index in [1.54, 1.807) is 0 Å². The summed E-state index contributed by atoms with van der Waals surface area (Å²) in [4.78, 5) is 12.3. The molecule has 0 saturated heterocycles. The van der Waals surface area contributed by atoms with Gasteiger partial charge in [0.1, 0.15) is 5.82 Å². The molecule has 3 rings (SSSR count). The minimum atomic E-state index is -0.536. The van der Waals surface area contributed by atoms with Crippen LogP contribution in [0.4, 0.5) is 10.1 Å². The summed E-state index contributed by atoms with van der Waals surface area (Å²) in [5.74, 6) is -0.247. The van der Waals surface area contributed by atoms with Crippen molar-refractivity contribution in [3.8, 4) is 0 Å². The minimum Gasteiger partial charge on any atom is -0.399 e. The monoisotopic (exact) mass is 332 g/mol. The fourth-order valence-electron chi connectivity index (χ4n) is 2.72. The molecule has 0 unspecified atom stereocenters. The molecule has 0 aliphatic heterocycles. The Morgan fingerprint density at radius 3 is 2.74 bits per heavy atom. The van der Waals surface area contributed by atoms with Crippen molar-refractivity contribution in [2.75, 3.05) is 5.73 Å². The molecule has 5 heteroatoms. The maximum absolute atomic E-state index is 13.2. The molecule has 0 radical (unpaired) electrons. The minimum absolute atomic E-state index is 0.0588. The lowest BCUT2D eigenvalue weighted by Gasteiger charge is -2.15. The fourth-order valence-corrected chi connectivity index (χ4v) is 2.90. The van der Waals surface area contributed by atoms with Gasteiger partial charge in [0.05, 0.1) is 5.02 Å². The van der Waals surface area contributed by atoms with Gasteiger partial charge >= 0.3 is 0 Å². The van der Waals surface area contributed by atoms with Crippen molar-refractivity contribution >= 4 is 23.2 Å². The van der Waals surface area contributed by atoms with Gasteiger partial charge in [0.2, 0.25) is 0 Å². The molecule has 2 aromatic carbocycles. The molecule has 0 aromatic heterocycles. The third-order valence-electron chi connectivity index (χ3n) is 4.30. The van der Waals surface area contributed by atoms with Crippen LogP contribution >= 0.6 is 11.6 Å². The summed E-state index contributed by atoms with van der Waals surface area (Å²) in [7, 11) is 0. The summed E-state index contributed by atoms with van der Waals surface area (Å²) in [6, 6.07) is 7.92. The van der Waals surface area contributed by atoms with Crippen molar-refractivity contribution in [3.05, 3.63) is 63.4 Å². The second kappa shape index (κ2) is 6.20. The molecule has 1 aliphatic rings. The summed E-state index contributed by atoms with van der Waals surface area (Å²) in [5, 5.41) is 2.82. The van der Waals surface area contributed by atoms with Crippen molar-refractivity contribution in [2.24, 2.45) is 0 Å². The van der Waals surface area contributed by atoms with Gasteiger partial charge in [0, 0.05) is 17.8 Å².